The Kier molecular flexibility index (Phi) is 4.78. The van der Waals surface area contributed by atoms with Gasteiger partial charge in [0.15, 0.2) is 17.3 Å². The third kappa shape index (κ3) is 3.46. The van der Waals surface area contributed by atoms with Crippen molar-refractivity contribution in [1.29, 1.82) is 0 Å². The standard InChI is InChI=1S/C23H24N2O4/c1-14-5-7-17(15(2)11-14)24-22(26)23(9-10-23)21-13-19(29-25-21)16-6-8-18(27-3)20(12-16)28-4/h5-8,11-13H,9-10H2,1-4H3,(H,24,26). The predicted octanol–water partition coefficient (Wildman–Crippen LogP) is 4.65. The molecule has 1 fully saturated rings. The zero-order valence-electron chi connectivity index (χ0n) is 17.0. The highest BCUT2D eigenvalue weighted by molar-refractivity contribution is 6.01. The van der Waals surface area contributed by atoms with Gasteiger partial charge in [0.1, 0.15) is 0 Å². The monoisotopic (exact) mass is 392 g/mol. The Balaban J connectivity index is 1.58. The van der Waals surface area contributed by atoms with Gasteiger partial charge in [-0.15, -0.1) is 0 Å². The van der Waals surface area contributed by atoms with Gasteiger partial charge < -0.3 is 19.3 Å². The molecule has 6 nitrogen and oxygen atoms in total. The molecule has 1 saturated carbocycles. The number of nitrogens with one attached hydrogen (secondary N) is 1. The van der Waals surface area contributed by atoms with E-state index in [0.29, 0.717) is 23.0 Å². The molecule has 29 heavy (non-hydrogen) atoms. The average molecular weight is 392 g/mol. The quantitative estimate of drug-likeness (QED) is 0.661. The highest BCUT2D eigenvalue weighted by atomic mass is 16.5. The van der Waals surface area contributed by atoms with Gasteiger partial charge in [0.25, 0.3) is 0 Å². The van der Waals surface area contributed by atoms with Gasteiger partial charge in [0.05, 0.1) is 25.3 Å². The molecule has 1 aliphatic rings. The Morgan fingerprint density at radius 2 is 1.79 bits per heavy atom. The number of aryl methyl sites for hydroxylation is 2. The zero-order chi connectivity index (χ0) is 20.6. The van der Waals surface area contributed by atoms with Crippen LogP contribution in [0.4, 0.5) is 5.69 Å². The minimum atomic E-state index is -0.629. The van der Waals surface area contributed by atoms with Crippen LogP contribution >= 0.6 is 0 Å². The molecule has 2 aromatic carbocycles. The van der Waals surface area contributed by atoms with Crippen molar-refractivity contribution in [1.82, 2.24) is 5.16 Å². The number of ether oxygens (including phenoxy) is 2. The summed E-state index contributed by atoms with van der Waals surface area (Å²) in [7, 11) is 3.18. The van der Waals surface area contributed by atoms with Crippen molar-refractivity contribution < 1.29 is 18.8 Å². The molecule has 0 atom stereocenters. The molecule has 1 aliphatic carbocycles. The minimum absolute atomic E-state index is 0.0448. The van der Waals surface area contributed by atoms with Gasteiger partial charge in [-0.1, -0.05) is 22.9 Å². The van der Waals surface area contributed by atoms with Gasteiger partial charge in [-0.2, -0.15) is 0 Å². The van der Waals surface area contributed by atoms with Crippen LogP contribution < -0.4 is 14.8 Å². The first-order chi connectivity index (χ1) is 14.0. The maximum absolute atomic E-state index is 13.0. The molecule has 1 amide bonds. The van der Waals surface area contributed by atoms with Crippen LogP contribution in [0.25, 0.3) is 11.3 Å². The molecule has 4 rings (SSSR count). The van der Waals surface area contributed by atoms with E-state index in [-0.39, 0.29) is 5.91 Å². The first-order valence-electron chi connectivity index (χ1n) is 9.55. The fourth-order valence-electron chi connectivity index (χ4n) is 3.55. The molecule has 0 bridgehead atoms. The fraction of sp³-hybridized carbons (Fsp3) is 0.304. The number of rotatable bonds is 6. The summed E-state index contributed by atoms with van der Waals surface area (Å²) >= 11 is 0. The summed E-state index contributed by atoms with van der Waals surface area (Å²) in [4.78, 5) is 13.0. The maximum atomic E-state index is 13.0. The largest absolute Gasteiger partial charge is 0.493 e. The Morgan fingerprint density at radius 3 is 2.45 bits per heavy atom. The summed E-state index contributed by atoms with van der Waals surface area (Å²) in [6.45, 7) is 4.03. The summed E-state index contributed by atoms with van der Waals surface area (Å²) < 4.78 is 16.2. The predicted molar refractivity (Wildman–Crippen MR) is 111 cm³/mol. The highest BCUT2D eigenvalue weighted by Gasteiger charge is 2.54. The van der Waals surface area contributed by atoms with Crippen LogP contribution in [0.2, 0.25) is 0 Å². The molecule has 150 valence electrons. The van der Waals surface area contributed by atoms with Crippen LogP contribution in [0, 0.1) is 13.8 Å². The number of hydrogen-bond acceptors (Lipinski definition) is 5. The molecule has 1 aromatic heterocycles. The van der Waals surface area contributed by atoms with Gasteiger partial charge in [0.2, 0.25) is 5.91 Å². The number of nitrogens with zero attached hydrogens (tertiary/aromatic N) is 1. The molecule has 0 unspecified atom stereocenters. The number of methoxy groups -OCH3 is 2. The lowest BCUT2D eigenvalue weighted by Gasteiger charge is -2.14. The SMILES string of the molecule is COc1ccc(-c2cc(C3(C(=O)Nc4ccc(C)cc4C)CC3)no2)cc1OC. The second-order valence-corrected chi connectivity index (χ2v) is 7.50. The molecular weight excluding hydrogens is 368 g/mol. The summed E-state index contributed by atoms with van der Waals surface area (Å²) in [6.07, 6.45) is 1.50. The summed E-state index contributed by atoms with van der Waals surface area (Å²) in [5.74, 6) is 1.79. The van der Waals surface area contributed by atoms with E-state index in [1.54, 1.807) is 14.2 Å². The molecule has 6 heteroatoms. The van der Waals surface area contributed by atoms with E-state index in [4.69, 9.17) is 14.0 Å². The minimum Gasteiger partial charge on any atom is -0.493 e. The molecule has 0 radical (unpaired) electrons. The summed E-state index contributed by atoms with van der Waals surface area (Å²) in [5.41, 5.74) is 3.88. The number of amides is 1. The van der Waals surface area contributed by atoms with E-state index in [1.165, 1.54) is 0 Å². The van der Waals surface area contributed by atoms with Crippen LogP contribution in [0.5, 0.6) is 11.5 Å². The van der Waals surface area contributed by atoms with Crippen molar-refractivity contribution in [2.45, 2.75) is 32.1 Å². The van der Waals surface area contributed by atoms with Crippen LogP contribution in [0.3, 0.4) is 0 Å². The smallest absolute Gasteiger partial charge is 0.236 e. The third-order valence-corrected chi connectivity index (χ3v) is 5.48. The lowest BCUT2D eigenvalue weighted by molar-refractivity contribution is -0.118. The van der Waals surface area contributed by atoms with Crippen molar-refractivity contribution in [2.24, 2.45) is 0 Å². The van der Waals surface area contributed by atoms with Gasteiger partial charge in [-0.25, -0.2) is 0 Å². The summed E-state index contributed by atoms with van der Waals surface area (Å²) in [6, 6.07) is 13.4. The van der Waals surface area contributed by atoms with Gasteiger partial charge in [-0.05, 0) is 56.5 Å². The number of carbonyl (C=O) groups is 1. The van der Waals surface area contributed by atoms with Gasteiger partial charge in [0, 0.05) is 17.3 Å². The van der Waals surface area contributed by atoms with Gasteiger partial charge in [-0.3, -0.25) is 4.79 Å². The Morgan fingerprint density at radius 1 is 1.03 bits per heavy atom. The maximum Gasteiger partial charge on any atom is 0.236 e. The second kappa shape index (κ2) is 7.28. The molecular formula is C23H24N2O4. The van der Waals surface area contributed by atoms with E-state index in [1.807, 2.05) is 50.2 Å². The second-order valence-electron chi connectivity index (χ2n) is 7.50. The molecule has 3 aromatic rings. The van der Waals surface area contributed by atoms with Crippen molar-refractivity contribution in [3.63, 3.8) is 0 Å². The lowest BCUT2D eigenvalue weighted by atomic mass is 9.99. The average Bonchev–Trinajstić information content (AvgIpc) is 3.39. The third-order valence-electron chi connectivity index (χ3n) is 5.48. The van der Waals surface area contributed by atoms with Crippen LogP contribution in [-0.4, -0.2) is 25.3 Å². The Labute approximate surface area is 169 Å². The van der Waals surface area contributed by atoms with Crippen LogP contribution in [-0.2, 0) is 10.2 Å². The van der Waals surface area contributed by atoms with E-state index in [0.717, 1.165) is 35.2 Å². The van der Waals surface area contributed by atoms with Gasteiger partial charge >= 0.3 is 0 Å². The number of carbonyl (C=O) groups excluding carboxylic acids is 1. The molecule has 0 aliphatic heterocycles. The van der Waals surface area contributed by atoms with Crippen molar-refractivity contribution >= 4 is 11.6 Å². The van der Waals surface area contributed by atoms with E-state index < -0.39 is 5.41 Å². The van der Waals surface area contributed by atoms with E-state index >= 15 is 0 Å². The first kappa shape index (κ1) is 19.1. The molecule has 1 N–H and O–H groups in total. The number of hydrogen-bond donors (Lipinski definition) is 1. The zero-order valence-corrected chi connectivity index (χ0v) is 17.0. The van der Waals surface area contributed by atoms with E-state index in [2.05, 4.69) is 16.5 Å². The number of aromatic nitrogens is 1. The Bertz CT molecular complexity index is 1070. The topological polar surface area (TPSA) is 73.6 Å². The molecule has 1 heterocycles. The molecule has 0 spiro atoms. The number of anilines is 1. The van der Waals surface area contributed by atoms with Crippen molar-refractivity contribution in [3.05, 3.63) is 59.3 Å². The highest BCUT2D eigenvalue weighted by Crippen LogP contribution is 2.49. The fourth-order valence-corrected chi connectivity index (χ4v) is 3.55. The Hall–Kier alpha value is -3.28. The lowest BCUT2D eigenvalue weighted by Crippen LogP contribution is -2.28. The van der Waals surface area contributed by atoms with Crippen LogP contribution in [0.1, 0.15) is 29.7 Å². The van der Waals surface area contributed by atoms with Crippen molar-refractivity contribution in [2.75, 3.05) is 19.5 Å². The first-order valence-corrected chi connectivity index (χ1v) is 9.55. The van der Waals surface area contributed by atoms with Crippen molar-refractivity contribution in [3.8, 4) is 22.8 Å². The van der Waals surface area contributed by atoms with E-state index in [9.17, 15) is 4.79 Å². The summed E-state index contributed by atoms with van der Waals surface area (Å²) in [5, 5.41) is 7.28. The normalized spacial score (nSPS) is 14.3. The molecule has 0 saturated heterocycles. The van der Waals surface area contributed by atoms with Crippen LogP contribution in [0.15, 0.2) is 47.0 Å². The number of benzene rings is 2.